The van der Waals surface area contributed by atoms with Crippen molar-refractivity contribution in [1.82, 2.24) is 0 Å². The van der Waals surface area contributed by atoms with Crippen molar-refractivity contribution < 1.29 is 9.85 Å². The summed E-state index contributed by atoms with van der Waals surface area (Å²) in [6.07, 6.45) is 6.59. The van der Waals surface area contributed by atoms with Crippen LogP contribution in [0.4, 0.5) is 11.4 Å². The Morgan fingerprint density at radius 1 is 0.656 bits per heavy atom. The zero-order chi connectivity index (χ0) is 23.1. The molecule has 0 radical (unpaired) electrons. The summed E-state index contributed by atoms with van der Waals surface area (Å²) < 4.78 is 0. The van der Waals surface area contributed by atoms with Crippen LogP contribution in [0.5, 0.6) is 0 Å². The van der Waals surface area contributed by atoms with Crippen molar-refractivity contribution in [3.63, 3.8) is 0 Å². The highest BCUT2D eigenvalue weighted by Gasteiger charge is 2.13. The van der Waals surface area contributed by atoms with E-state index in [1.807, 2.05) is 30.3 Å². The second kappa shape index (κ2) is 9.61. The zero-order valence-corrected chi connectivity index (χ0v) is 16.5. The molecular weight excluding hydrogens is 408 g/mol. The van der Waals surface area contributed by atoms with Crippen molar-refractivity contribution in [1.29, 1.82) is 10.5 Å². The molecule has 0 atom stereocenters. The van der Waals surface area contributed by atoms with Crippen LogP contribution < -0.4 is 0 Å². The van der Waals surface area contributed by atoms with Crippen LogP contribution in [0.3, 0.4) is 0 Å². The Morgan fingerprint density at radius 2 is 1.09 bits per heavy atom. The number of nitrogens with zero attached hydrogens (tertiary/aromatic N) is 4. The van der Waals surface area contributed by atoms with Gasteiger partial charge in [0, 0.05) is 12.1 Å². The van der Waals surface area contributed by atoms with Crippen molar-refractivity contribution in [2.24, 2.45) is 0 Å². The Hall–Kier alpha value is -5.08. The molecule has 3 aromatic carbocycles. The first-order chi connectivity index (χ1) is 15.4. The summed E-state index contributed by atoms with van der Waals surface area (Å²) >= 11 is 0. The monoisotopic (exact) mass is 422 g/mol. The van der Waals surface area contributed by atoms with Gasteiger partial charge in [0.2, 0.25) is 0 Å². The molecule has 0 aromatic heterocycles. The summed E-state index contributed by atoms with van der Waals surface area (Å²) in [7, 11) is 0. The van der Waals surface area contributed by atoms with Gasteiger partial charge in [-0.2, -0.15) is 10.5 Å². The third-order valence-electron chi connectivity index (χ3n) is 4.53. The number of benzene rings is 3. The second-order valence-corrected chi connectivity index (χ2v) is 6.62. The summed E-state index contributed by atoms with van der Waals surface area (Å²) in [6.45, 7) is 0. The van der Waals surface area contributed by atoms with Gasteiger partial charge in [-0.25, -0.2) is 0 Å². The minimum Gasteiger partial charge on any atom is -0.258 e. The highest BCUT2D eigenvalue weighted by molar-refractivity contribution is 5.78. The minimum atomic E-state index is -0.538. The van der Waals surface area contributed by atoms with Crippen LogP contribution in [0, 0.1) is 42.9 Å². The summed E-state index contributed by atoms with van der Waals surface area (Å²) in [6, 6.07) is 19.5. The quantitative estimate of drug-likeness (QED) is 0.289. The zero-order valence-electron chi connectivity index (χ0n) is 16.5. The molecule has 0 spiro atoms. The second-order valence-electron chi connectivity index (χ2n) is 6.62. The molecule has 0 aliphatic heterocycles. The molecule has 32 heavy (non-hydrogen) atoms. The minimum absolute atomic E-state index is 0.163. The molecule has 0 unspecified atom stereocenters. The predicted molar refractivity (Wildman–Crippen MR) is 120 cm³/mol. The third-order valence-corrected chi connectivity index (χ3v) is 4.53. The Morgan fingerprint density at radius 3 is 1.47 bits per heavy atom. The van der Waals surface area contributed by atoms with Gasteiger partial charge in [0.05, 0.1) is 44.2 Å². The normalized spacial score (nSPS) is 10.7. The van der Waals surface area contributed by atoms with Crippen LogP contribution in [-0.4, -0.2) is 9.85 Å². The molecule has 8 nitrogen and oxygen atoms in total. The summed E-state index contributed by atoms with van der Waals surface area (Å²) in [5, 5.41) is 40.4. The van der Waals surface area contributed by atoms with E-state index in [-0.39, 0.29) is 22.5 Å². The summed E-state index contributed by atoms with van der Waals surface area (Å²) in [5.74, 6) is 0. The number of rotatable bonds is 6. The molecule has 0 aliphatic rings. The van der Waals surface area contributed by atoms with E-state index in [9.17, 15) is 20.2 Å². The van der Waals surface area contributed by atoms with E-state index in [0.29, 0.717) is 11.1 Å². The number of nitriles is 2. The molecular formula is C24H14N4O4. The molecule has 0 N–H and O–H groups in total. The molecule has 8 heteroatoms. The van der Waals surface area contributed by atoms with Crippen LogP contribution in [-0.2, 0) is 0 Å². The van der Waals surface area contributed by atoms with E-state index < -0.39 is 9.85 Å². The van der Waals surface area contributed by atoms with Crippen LogP contribution in [0.25, 0.3) is 24.3 Å². The fraction of sp³-hybridized carbons (Fsp3) is 0. The molecule has 3 rings (SSSR count). The van der Waals surface area contributed by atoms with E-state index in [1.54, 1.807) is 30.4 Å². The van der Waals surface area contributed by atoms with E-state index in [0.717, 1.165) is 11.1 Å². The largest absolute Gasteiger partial charge is 0.277 e. The van der Waals surface area contributed by atoms with Gasteiger partial charge in [0.1, 0.15) is 0 Å². The van der Waals surface area contributed by atoms with Gasteiger partial charge in [0.25, 0.3) is 11.4 Å². The van der Waals surface area contributed by atoms with Gasteiger partial charge in [-0.3, -0.25) is 20.2 Å². The van der Waals surface area contributed by atoms with Gasteiger partial charge >= 0.3 is 0 Å². The maximum atomic E-state index is 11.3. The van der Waals surface area contributed by atoms with Crippen LogP contribution >= 0.6 is 0 Å². The van der Waals surface area contributed by atoms with Crippen molar-refractivity contribution in [2.75, 3.05) is 0 Å². The number of hydrogen-bond acceptors (Lipinski definition) is 6. The average Bonchev–Trinajstić information content (AvgIpc) is 2.81. The van der Waals surface area contributed by atoms with Gasteiger partial charge in [-0.1, -0.05) is 30.4 Å². The Labute approximate surface area is 182 Å². The molecule has 0 aliphatic carbocycles. The van der Waals surface area contributed by atoms with Gasteiger partial charge in [-0.15, -0.1) is 0 Å². The summed E-state index contributed by atoms with van der Waals surface area (Å²) in [5.41, 5.74) is 2.34. The number of nitro benzene ring substituents is 2. The number of hydrogen-bond donors (Lipinski definition) is 0. The van der Waals surface area contributed by atoms with Gasteiger partial charge in [-0.05, 0) is 53.6 Å². The Kier molecular flexibility index (Phi) is 6.50. The topological polar surface area (TPSA) is 134 Å². The van der Waals surface area contributed by atoms with Gasteiger partial charge < -0.3 is 0 Å². The first-order valence-electron chi connectivity index (χ1n) is 9.24. The highest BCUT2D eigenvalue weighted by Crippen LogP contribution is 2.24. The van der Waals surface area contributed by atoms with Crippen molar-refractivity contribution in [3.8, 4) is 12.1 Å². The van der Waals surface area contributed by atoms with Crippen LogP contribution in [0.15, 0.2) is 60.7 Å². The molecule has 0 saturated heterocycles. The number of nitro groups is 2. The lowest BCUT2D eigenvalue weighted by Crippen LogP contribution is -1.92. The Balaban J connectivity index is 1.88. The predicted octanol–water partition coefficient (Wildman–Crippen LogP) is 5.59. The maximum Gasteiger partial charge on any atom is 0.277 e. The van der Waals surface area contributed by atoms with Crippen molar-refractivity contribution in [3.05, 3.63) is 114 Å². The van der Waals surface area contributed by atoms with E-state index in [1.165, 1.54) is 36.4 Å². The smallest absolute Gasteiger partial charge is 0.258 e. The lowest BCUT2D eigenvalue weighted by atomic mass is 10.0. The SMILES string of the molecule is N#Cc1ccc(C=Cc2cccc(C=Cc3ccc(C#N)cc3[N+](=O)[O-])c2)c([N+](=O)[O-])c1. The molecule has 0 heterocycles. The van der Waals surface area contributed by atoms with E-state index in [2.05, 4.69) is 0 Å². The fourth-order valence-electron chi connectivity index (χ4n) is 2.96. The fourth-order valence-corrected chi connectivity index (χ4v) is 2.96. The van der Waals surface area contributed by atoms with Crippen molar-refractivity contribution in [2.45, 2.75) is 0 Å². The van der Waals surface area contributed by atoms with Gasteiger partial charge in [0.15, 0.2) is 0 Å². The molecule has 0 amide bonds. The highest BCUT2D eigenvalue weighted by atomic mass is 16.6. The Bertz CT molecular complexity index is 1260. The van der Waals surface area contributed by atoms with E-state index in [4.69, 9.17) is 10.5 Å². The third kappa shape index (κ3) is 5.09. The van der Waals surface area contributed by atoms with Crippen LogP contribution in [0.2, 0.25) is 0 Å². The molecule has 154 valence electrons. The average molecular weight is 422 g/mol. The molecule has 0 saturated carbocycles. The lowest BCUT2D eigenvalue weighted by Gasteiger charge is -2.01. The molecule has 0 fully saturated rings. The first-order valence-corrected chi connectivity index (χ1v) is 9.24. The lowest BCUT2D eigenvalue weighted by molar-refractivity contribution is -0.385. The maximum absolute atomic E-state index is 11.3. The molecule has 0 bridgehead atoms. The van der Waals surface area contributed by atoms with Crippen LogP contribution in [0.1, 0.15) is 33.4 Å². The first kappa shape index (κ1) is 21.6. The standard InChI is InChI=1S/C24H14N4O4/c25-15-19-6-10-21(23(13-19)27(29)30)8-4-17-2-1-3-18(12-17)5-9-22-11-7-20(16-26)14-24(22)28(31)32/h1-14H. The van der Waals surface area contributed by atoms with Crippen molar-refractivity contribution >= 4 is 35.7 Å². The van der Waals surface area contributed by atoms with E-state index >= 15 is 0 Å². The summed E-state index contributed by atoms with van der Waals surface area (Å²) in [4.78, 5) is 21.5. The molecule has 3 aromatic rings.